The van der Waals surface area contributed by atoms with E-state index >= 15 is 0 Å². The first kappa shape index (κ1) is 21.0. The third kappa shape index (κ3) is 4.51. The van der Waals surface area contributed by atoms with Crippen molar-refractivity contribution in [3.05, 3.63) is 18.2 Å². The van der Waals surface area contributed by atoms with Crippen molar-refractivity contribution in [2.45, 2.75) is 25.8 Å². The van der Waals surface area contributed by atoms with E-state index in [-0.39, 0.29) is 0 Å². The summed E-state index contributed by atoms with van der Waals surface area (Å²) in [4.78, 5) is 48.8. The minimum atomic E-state index is -1.04. The van der Waals surface area contributed by atoms with Crippen molar-refractivity contribution in [2.75, 3.05) is 32.7 Å². The molecule has 1 saturated heterocycles. The molecule has 152 valence electrons. The highest BCUT2D eigenvalue weighted by Gasteiger charge is 2.47. The van der Waals surface area contributed by atoms with Gasteiger partial charge in [-0.1, -0.05) is 6.92 Å². The van der Waals surface area contributed by atoms with E-state index in [4.69, 9.17) is 14.2 Å². The topological polar surface area (TPSA) is 123 Å². The van der Waals surface area contributed by atoms with Crippen LogP contribution in [-0.4, -0.2) is 61.6 Å². The van der Waals surface area contributed by atoms with Gasteiger partial charge in [-0.05, 0) is 25.5 Å². The molecule has 1 atom stereocenters. The molecule has 0 spiro atoms. The number of hydrogen-bond acceptors (Lipinski definition) is 7. The molecule has 28 heavy (non-hydrogen) atoms. The summed E-state index contributed by atoms with van der Waals surface area (Å²) < 4.78 is 15.1. The molecular weight excluding hydrogens is 370 g/mol. The van der Waals surface area contributed by atoms with Gasteiger partial charge in [0.25, 0.3) is 11.8 Å². The predicted molar refractivity (Wildman–Crippen MR) is 98.1 cm³/mol. The lowest BCUT2D eigenvalue weighted by molar-refractivity contribution is -0.150. The van der Waals surface area contributed by atoms with Crippen LogP contribution in [0.4, 0.5) is 10.5 Å². The second-order valence-corrected chi connectivity index (χ2v) is 6.28. The SMILES string of the molecule is CC[C@]1(C)NC(=O)N(CC(=O)OCC(=O)Nc2ccc(OC)cc2OC)C1=O. The second-order valence-electron chi connectivity index (χ2n) is 6.28. The van der Waals surface area contributed by atoms with Crippen LogP contribution >= 0.6 is 0 Å². The van der Waals surface area contributed by atoms with Gasteiger partial charge in [-0.25, -0.2) is 4.79 Å². The zero-order valence-electron chi connectivity index (χ0n) is 16.2. The van der Waals surface area contributed by atoms with Crippen LogP contribution in [0.1, 0.15) is 20.3 Å². The zero-order chi connectivity index (χ0) is 20.9. The van der Waals surface area contributed by atoms with Crippen molar-refractivity contribution in [1.29, 1.82) is 0 Å². The van der Waals surface area contributed by atoms with Gasteiger partial charge in [-0.15, -0.1) is 0 Å². The summed E-state index contributed by atoms with van der Waals surface area (Å²) in [5, 5.41) is 5.08. The maximum absolute atomic E-state index is 12.2. The standard InChI is InChI=1S/C18H23N3O7/c1-5-18(2)16(24)21(17(25)20-18)9-15(23)28-10-14(22)19-12-7-6-11(26-3)8-13(12)27-4/h6-8H,5,9-10H2,1-4H3,(H,19,22)(H,20,25)/t18-/m0/s1. The first-order valence-electron chi connectivity index (χ1n) is 8.55. The molecule has 2 rings (SSSR count). The molecule has 0 aromatic heterocycles. The highest BCUT2D eigenvalue weighted by molar-refractivity contribution is 6.08. The number of benzene rings is 1. The van der Waals surface area contributed by atoms with Gasteiger partial charge in [-0.2, -0.15) is 0 Å². The number of ether oxygens (including phenoxy) is 3. The first-order chi connectivity index (χ1) is 13.2. The summed E-state index contributed by atoms with van der Waals surface area (Å²) in [5.41, 5.74) is -0.670. The number of imide groups is 1. The Bertz CT molecular complexity index is 795. The average molecular weight is 393 g/mol. The molecule has 1 heterocycles. The number of amides is 4. The van der Waals surface area contributed by atoms with Gasteiger partial charge in [-0.3, -0.25) is 19.3 Å². The Morgan fingerprint density at radius 3 is 2.50 bits per heavy atom. The summed E-state index contributed by atoms with van der Waals surface area (Å²) in [7, 11) is 2.94. The third-order valence-corrected chi connectivity index (χ3v) is 4.39. The Morgan fingerprint density at radius 1 is 1.21 bits per heavy atom. The smallest absolute Gasteiger partial charge is 0.326 e. The Kier molecular flexibility index (Phi) is 6.45. The molecule has 0 aliphatic carbocycles. The summed E-state index contributed by atoms with van der Waals surface area (Å²) in [6.45, 7) is 2.17. The van der Waals surface area contributed by atoms with Crippen LogP contribution in [-0.2, 0) is 19.1 Å². The lowest BCUT2D eigenvalue weighted by atomic mass is 9.99. The fourth-order valence-corrected chi connectivity index (χ4v) is 2.54. The molecule has 1 aliphatic rings. The summed E-state index contributed by atoms with van der Waals surface area (Å²) in [6, 6.07) is 4.13. The van der Waals surface area contributed by atoms with Crippen molar-refractivity contribution in [3.63, 3.8) is 0 Å². The minimum absolute atomic E-state index is 0.372. The van der Waals surface area contributed by atoms with E-state index in [1.165, 1.54) is 14.2 Å². The molecule has 1 aromatic carbocycles. The largest absolute Gasteiger partial charge is 0.497 e. The molecular formula is C18H23N3O7. The van der Waals surface area contributed by atoms with Gasteiger partial charge < -0.3 is 24.8 Å². The number of carbonyl (C=O) groups excluding carboxylic acids is 4. The molecule has 10 heteroatoms. The predicted octanol–water partition coefficient (Wildman–Crippen LogP) is 0.906. The Balaban J connectivity index is 1.89. The van der Waals surface area contributed by atoms with Crippen molar-refractivity contribution in [2.24, 2.45) is 0 Å². The van der Waals surface area contributed by atoms with Crippen LogP contribution in [0.3, 0.4) is 0 Å². The summed E-state index contributed by atoms with van der Waals surface area (Å²) in [6.07, 6.45) is 0.384. The number of esters is 1. The van der Waals surface area contributed by atoms with Gasteiger partial charge >= 0.3 is 12.0 Å². The van der Waals surface area contributed by atoms with Crippen LogP contribution < -0.4 is 20.1 Å². The molecule has 2 N–H and O–H groups in total. The summed E-state index contributed by atoms with van der Waals surface area (Å²) >= 11 is 0. The molecule has 0 bridgehead atoms. The van der Waals surface area contributed by atoms with Crippen molar-refractivity contribution >= 4 is 29.5 Å². The Labute approximate surface area is 162 Å². The van der Waals surface area contributed by atoms with Crippen LogP contribution in [0.5, 0.6) is 11.5 Å². The van der Waals surface area contributed by atoms with Gasteiger partial charge in [0.2, 0.25) is 0 Å². The molecule has 4 amide bonds. The monoisotopic (exact) mass is 393 g/mol. The number of nitrogens with zero attached hydrogens (tertiary/aromatic N) is 1. The van der Waals surface area contributed by atoms with E-state index < -0.39 is 42.5 Å². The Morgan fingerprint density at radius 2 is 1.93 bits per heavy atom. The van der Waals surface area contributed by atoms with E-state index in [0.717, 1.165) is 4.90 Å². The lowest BCUT2D eigenvalue weighted by Crippen LogP contribution is -2.43. The fourth-order valence-electron chi connectivity index (χ4n) is 2.54. The molecule has 10 nitrogen and oxygen atoms in total. The number of urea groups is 1. The molecule has 0 unspecified atom stereocenters. The van der Waals surface area contributed by atoms with E-state index in [9.17, 15) is 19.2 Å². The maximum atomic E-state index is 12.2. The quantitative estimate of drug-likeness (QED) is 0.497. The highest BCUT2D eigenvalue weighted by Crippen LogP contribution is 2.28. The van der Waals surface area contributed by atoms with Gasteiger partial charge in [0.15, 0.2) is 6.61 Å². The average Bonchev–Trinajstić information content (AvgIpc) is 2.90. The number of carbonyl (C=O) groups is 4. The number of rotatable bonds is 8. The van der Waals surface area contributed by atoms with Crippen LogP contribution in [0.25, 0.3) is 0 Å². The number of anilines is 1. The number of methoxy groups -OCH3 is 2. The van der Waals surface area contributed by atoms with Gasteiger partial charge in [0.1, 0.15) is 23.6 Å². The fraction of sp³-hybridized carbons (Fsp3) is 0.444. The van der Waals surface area contributed by atoms with Crippen LogP contribution in [0, 0.1) is 0 Å². The molecule has 1 aromatic rings. The Hall–Kier alpha value is -3.30. The van der Waals surface area contributed by atoms with Crippen molar-refractivity contribution in [3.8, 4) is 11.5 Å². The van der Waals surface area contributed by atoms with E-state index in [1.807, 2.05) is 0 Å². The lowest BCUT2D eigenvalue weighted by Gasteiger charge is -2.18. The minimum Gasteiger partial charge on any atom is -0.497 e. The van der Waals surface area contributed by atoms with Crippen molar-refractivity contribution in [1.82, 2.24) is 10.2 Å². The van der Waals surface area contributed by atoms with E-state index in [2.05, 4.69) is 10.6 Å². The third-order valence-electron chi connectivity index (χ3n) is 4.39. The number of hydrogen-bond donors (Lipinski definition) is 2. The van der Waals surface area contributed by atoms with Gasteiger partial charge in [0, 0.05) is 6.07 Å². The molecule has 0 saturated carbocycles. The second kappa shape index (κ2) is 8.59. The molecule has 0 radical (unpaired) electrons. The maximum Gasteiger partial charge on any atom is 0.326 e. The van der Waals surface area contributed by atoms with E-state index in [0.29, 0.717) is 23.6 Å². The van der Waals surface area contributed by atoms with Crippen LogP contribution in [0.15, 0.2) is 18.2 Å². The molecule has 1 fully saturated rings. The number of nitrogens with one attached hydrogen (secondary N) is 2. The normalized spacial score (nSPS) is 18.5. The zero-order valence-corrected chi connectivity index (χ0v) is 16.2. The van der Waals surface area contributed by atoms with Crippen molar-refractivity contribution < 1.29 is 33.4 Å². The molecule has 1 aliphatic heterocycles. The van der Waals surface area contributed by atoms with Gasteiger partial charge in [0.05, 0.1) is 19.9 Å². The van der Waals surface area contributed by atoms with Crippen LogP contribution in [0.2, 0.25) is 0 Å². The highest BCUT2D eigenvalue weighted by atomic mass is 16.5. The summed E-state index contributed by atoms with van der Waals surface area (Å²) in [5.74, 6) is -1.07. The first-order valence-corrected chi connectivity index (χ1v) is 8.55. The van der Waals surface area contributed by atoms with E-state index in [1.54, 1.807) is 32.0 Å².